The van der Waals surface area contributed by atoms with Gasteiger partial charge < -0.3 is 12.8 Å². The number of halogens is 12. The monoisotopic (exact) mass is 1100 g/mol. The van der Waals surface area contributed by atoms with Crippen molar-refractivity contribution < 1.29 is 95.5 Å². The van der Waals surface area contributed by atoms with E-state index in [9.17, 15) is 86.4 Å². The largest absolute Gasteiger partial charge is 0.480 e. The fraction of sp³-hybridized carbons (Fsp3) is 0.605. The van der Waals surface area contributed by atoms with Crippen LogP contribution in [0, 0.1) is 0 Å². The van der Waals surface area contributed by atoms with E-state index in [0.29, 0.717) is 0 Å². The Morgan fingerprint density at radius 2 is 0.800 bits per heavy atom. The van der Waals surface area contributed by atoms with Gasteiger partial charge in [-0.3, -0.25) is 0 Å². The SMILES string of the molecule is CCCCCCCCn1cc[n+](Cc2cc(Cn3ccnc3)cc(C[n+]3ccn(CCCCCCCC)c3)c2)c1.O=S(=O)([N-]S(=O)(=O)C(F)(F)F)C(F)(F)F.O=S(=O)([N-]S(=O)(=O)C(F)(F)F)C(F)(F)F. The Morgan fingerprint density at radius 1 is 0.471 bits per heavy atom. The zero-order valence-corrected chi connectivity index (χ0v) is 40.7. The first-order chi connectivity index (χ1) is 32.1. The number of nitrogens with zero attached hydrogens (tertiary/aromatic N) is 8. The molecule has 70 heavy (non-hydrogen) atoms. The molecule has 0 aliphatic carbocycles. The van der Waals surface area contributed by atoms with Crippen molar-refractivity contribution in [1.82, 2.24) is 18.7 Å². The molecule has 0 amide bonds. The van der Waals surface area contributed by atoms with E-state index in [1.165, 1.54) is 93.7 Å². The molecule has 0 unspecified atom stereocenters. The summed E-state index contributed by atoms with van der Waals surface area (Å²) in [5.74, 6) is 0. The number of unbranched alkanes of at least 4 members (excludes halogenated alkanes) is 10. The van der Waals surface area contributed by atoms with Crippen LogP contribution in [0.1, 0.15) is 108 Å². The minimum absolute atomic E-state index is 0.778. The average Bonchev–Trinajstić information content (AvgIpc) is 3.99. The summed E-state index contributed by atoms with van der Waals surface area (Å²) in [6.45, 7) is 9.39. The van der Waals surface area contributed by atoms with E-state index >= 15 is 0 Å². The number of alkyl halides is 12. The maximum atomic E-state index is 11.4. The Bertz CT molecular complexity index is 2410. The van der Waals surface area contributed by atoms with Gasteiger partial charge in [-0.25, -0.2) is 56.9 Å². The van der Waals surface area contributed by atoms with Gasteiger partial charge in [-0.15, -0.1) is 0 Å². The predicted octanol–water partition coefficient (Wildman–Crippen LogP) is 9.05. The number of aromatic nitrogens is 6. The van der Waals surface area contributed by atoms with Crippen molar-refractivity contribution in [1.29, 1.82) is 0 Å². The molecule has 16 nitrogen and oxygen atoms in total. The molecule has 3 heterocycles. The summed E-state index contributed by atoms with van der Waals surface area (Å²) in [5.41, 5.74) is -20.8. The molecule has 400 valence electrons. The van der Waals surface area contributed by atoms with Gasteiger partial charge in [-0.1, -0.05) is 77.3 Å². The summed E-state index contributed by atoms with van der Waals surface area (Å²) in [7, 11) is -26.9. The number of hydrogen-bond acceptors (Lipinski definition) is 9. The highest BCUT2D eigenvalue weighted by Gasteiger charge is 2.48. The molecule has 0 atom stereocenters. The minimum atomic E-state index is -6.72. The molecular formula is C38H52F12N8O8S4. The molecule has 0 radical (unpaired) electrons. The summed E-state index contributed by atoms with van der Waals surface area (Å²) in [6, 6.07) is 7.10. The average molecular weight is 1110 g/mol. The van der Waals surface area contributed by atoms with Gasteiger partial charge in [0.05, 0.1) is 19.4 Å². The summed E-state index contributed by atoms with van der Waals surface area (Å²) < 4.78 is 230. The lowest BCUT2D eigenvalue weighted by Crippen LogP contribution is -2.33. The third-order valence-corrected chi connectivity index (χ3v) is 14.8. The first-order valence-electron chi connectivity index (χ1n) is 21.0. The zero-order valence-electron chi connectivity index (χ0n) is 37.5. The molecule has 4 rings (SSSR count). The van der Waals surface area contributed by atoms with Gasteiger partial charge in [0.15, 0.2) is 40.1 Å². The van der Waals surface area contributed by atoms with Crippen molar-refractivity contribution in [2.24, 2.45) is 0 Å². The Kier molecular flexibility index (Phi) is 23.4. The molecule has 0 aliphatic heterocycles. The molecule has 0 bridgehead atoms. The van der Waals surface area contributed by atoms with Crippen LogP contribution in [0.2, 0.25) is 0 Å². The maximum Gasteiger partial charge on any atom is 0.480 e. The molecule has 0 aliphatic rings. The summed E-state index contributed by atoms with van der Waals surface area (Å²) >= 11 is 0. The molecule has 0 saturated carbocycles. The van der Waals surface area contributed by atoms with E-state index in [2.05, 4.69) is 97.3 Å². The molecule has 0 saturated heterocycles. The van der Waals surface area contributed by atoms with Crippen molar-refractivity contribution in [3.63, 3.8) is 0 Å². The van der Waals surface area contributed by atoms with Crippen molar-refractivity contribution in [2.45, 2.75) is 146 Å². The molecule has 1 aromatic carbocycles. The van der Waals surface area contributed by atoms with Gasteiger partial charge in [-0.05, 0) is 48.4 Å². The molecule has 3 aromatic heterocycles. The van der Waals surface area contributed by atoms with Crippen LogP contribution in [0.5, 0.6) is 0 Å². The second-order valence-electron chi connectivity index (χ2n) is 15.4. The highest BCUT2D eigenvalue weighted by molar-refractivity contribution is 8.13. The van der Waals surface area contributed by atoms with E-state index in [-0.39, 0.29) is 0 Å². The molecular weight excluding hydrogens is 1050 g/mol. The lowest BCUT2D eigenvalue weighted by molar-refractivity contribution is -0.688. The zero-order chi connectivity index (χ0) is 53.2. The predicted molar refractivity (Wildman–Crippen MR) is 229 cm³/mol. The van der Waals surface area contributed by atoms with Gasteiger partial charge >= 0.3 is 22.0 Å². The van der Waals surface area contributed by atoms with Gasteiger partial charge in [0, 0.05) is 18.9 Å². The second kappa shape index (κ2) is 26.4. The van der Waals surface area contributed by atoms with Crippen LogP contribution < -0.4 is 9.13 Å². The lowest BCUT2D eigenvalue weighted by Gasteiger charge is -2.22. The minimum Gasteiger partial charge on any atom is -0.421 e. The third-order valence-electron chi connectivity index (χ3n) is 9.36. The molecule has 0 spiro atoms. The van der Waals surface area contributed by atoms with Crippen molar-refractivity contribution in [2.75, 3.05) is 0 Å². The van der Waals surface area contributed by atoms with E-state index in [1.807, 2.05) is 18.7 Å². The molecule has 32 heteroatoms. The Morgan fingerprint density at radius 3 is 1.11 bits per heavy atom. The summed E-state index contributed by atoms with van der Waals surface area (Å²) in [6.07, 6.45) is 35.3. The summed E-state index contributed by atoms with van der Waals surface area (Å²) in [5, 5.41) is 0. The van der Waals surface area contributed by atoms with Gasteiger partial charge in [0.1, 0.15) is 37.9 Å². The van der Waals surface area contributed by atoms with Crippen molar-refractivity contribution >= 4 is 40.1 Å². The van der Waals surface area contributed by atoms with Crippen LogP contribution in [0.25, 0.3) is 8.25 Å². The van der Waals surface area contributed by atoms with Crippen LogP contribution >= 0.6 is 0 Å². The second-order valence-corrected chi connectivity index (χ2v) is 22.3. The van der Waals surface area contributed by atoms with Crippen molar-refractivity contribution in [3.05, 3.63) is 99.3 Å². The molecule has 0 fully saturated rings. The first kappa shape index (κ1) is 61.8. The summed E-state index contributed by atoms with van der Waals surface area (Å²) in [4.78, 5) is 4.24. The topological polar surface area (TPSA) is 200 Å². The highest BCUT2D eigenvalue weighted by Crippen LogP contribution is 2.37. The van der Waals surface area contributed by atoms with Crippen LogP contribution in [0.3, 0.4) is 0 Å². The number of aryl methyl sites for hydroxylation is 2. The van der Waals surface area contributed by atoms with E-state index < -0.39 is 62.1 Å². The number of rotatable bonds is 24. The van der Waals surface area contributed by atoms with Crippen LogP contribution in [-0.4, -0.2) is 74.4 Å². The van der Waals surface area contributed by atoms with E-state index in [0.717, 1.165) is 41.0 Å². The normalized spacial score (nSPS) is 13.1. The Balaban J connectivity index is 0.000000460. The smallest absolute Gasteiger partial charge is 0.421 e. The van der Waals surface area contributed by atoms with Gasteiger partial charge in [-0.2, -0.15) is 52.7 Å². The van der Waals surface area contributed by atoms with Crippen LogP contribution in [-0.2, 0) is 72.8 Å². The Hall–Kier alpha value is -4.27. The standard InChI is InChI=1S/C34H52N6.2C2F6NO4S2/c1-3-5-7-9-11-13-16-36-19-21-39(30-36)27-33-23-32(26-38-18-15-35-29-38)24-34(25-33)28-40-22-20-37(31-40)17-14-12-10-8-6-4-2;2*3-1(4,5)14(10,11)9-15(12,13)2(6,7)8/h15,18-25,29-31H,3-14,16-17,26-28H2,1-2H3;;/q+2;2*-1. The number of imidazole rings is 3. The van der Waals surface area contributed by atoms with Crippen LogP contribution in [0.4, 0.5) is 52.7 Å². The highest BCUT2D eigenvalue weighted by atomic mass is 32.3. The number of benzene rings is 1. The molecule has 4 aromatic rings. The fourth-order valence-electron chi connectivity index (χ4n) is 6.03. The first-order valence-corrected chi connectivity index (χ1v) is 26.8. The van der Waals surface area contributed by atoms with E-state index in [4.69, 9.17) is 0 Å². The lowest BCUT2D eigenvalue weighted by atomic mass is 10.0. The number of sulfonamides is 4. The van der Waals surface area contributed by atoms with Crippen LogP contribution in [0.15, 0.2) is 74.4 Å². The van der Waals surface area contributed by atoms with E-state index in [1.54, 1.807) is 0 Å². The number of hydrogen-bond donors (Lipinski definition) is 0. The Labute approximate surface area is 397 Å². The van der Waals surface area contributed by atoms with Gasteiger partial charge in [0.25, 0.3) is 0 Å². The van der Waals surface area contributed by atoms with Crippen molar-refractivity contribution in [3.8, 4) is 0 Å². The molecule has 0 N–H and O–H groups in total. The quantitative estimate of drug-likeness (QED) is 0.0373. The fourth-order valence-corrected chi connectivity index (χ4v) is 9.45. The van der Waals surface area contributed by atoms with Gasteiger partial charge in [0.2, 0.25) is 12.7 Å². The third kappa shape index (κ3) is 21.2. The maximum absolute atomic E-state index is 11.4.